The minimum Gasteiger partial charge on any atom is -0.453 e. The van der Waals surface area contributed by atoms with Crippen molar-refractivity contribution in [2.24, 2.45) is 7.05 Å². The number of pyridine rings is 2. The number of fused-ring (bicyclic) bond motifs is 3. The number of rotatable bonds is 3. The summed E-state index contributed by atoms with van der Waals surface area (Å²) in [6.07, 6.45) is 2.73. The number of hydrogen-bond donors (Lipinski definition) is 1. The molecule has 0 aliphatic carbocycles. The van der Waals surface area contributed by atoms with Crippen molar-refractivity contribution < 1.29 is 9.53 Å². The number of methoxy groups -OCH3 is 1. The van der Waals surface area contributed by atoms with Gasteiger partial charge in [0, 0.05) is 29.2 Å². The lowest BCUT2D eigenvalue weighted by molar-refractivity contribution is 0.187. The molecule has 1 amide bonds. The van der Waals surface area contributed by atoms with Crippen LogP contribution in [0.3, 0.4) is 0 Å². The van der Waals surface area contributed by atoms with Gasteiger partial charge in [-0.15, -0.1) is 0 Å². The van der Waals surface area contributed by atoms with Crippen LogP contribution in [0.15, 0.2) is 65.7 Å². The highest BCUT2D eigenvalue weighted by Gasteiger charge is 2.18. The standard InChI is InChI=1S/C24H17Cl2N5O3/c1-30-20-12-27-18-6-3-13(14-4-8-21(28-11-14)29-23(32)34-2)9-16(18)22(20)31(24(30)33)19-7-5-15(25)10-17(19)26/h3-12H,1-2H3,(H,28,29,32). The molecule has 2 aromatic carbocycles. The Balaban J connectivity index is 1.72. The molecule has 1 N–H and O–H groups in total. The van der Waals surface area contributed by atoms with Gasteiger partial charge < -0.3 is 4.74 Å². The number of carbonyl (C=O) groups excluding carboxylic acids is 1. The molecule has 0 saturated heterocycles. The second kappa shape index (κ2) is 8.48. The Hall–Kier alpha value is -3.88. The lowest BCUT2D eigenvalue weighted by atomic mass is 10.0. The van der Waals surface area contributed by atoms with Crippen molar-refractivity contribution in [3.8, 4) is 16.8 Å². The van der Waals surface area contributed by atoms with Crippen molar-refractivity contribution in [3.63, 3.8) is 0 Å². The molecular weight excluding hydrogens is 477 g/mol. The first-order valence-corrected chi connectivity index (χ1v) is 10.9. The number of hydrogen-bond acceptors (Lipinski definition) is 5. The fraction of sp³-hybridized carbons (Fsp3) is 0.0833. The van der Waals surface area contributed by atoms with Crippen LogP contribution in [0.2, 0.25) is 10.0 Å². The molecule has 0 fully saturated rings. The minimum atomic E-state index is -0.595. The molecule has 0 spiro atoms. The summed E-state index contributed by atoms with van der Waals surface area (Å²) in [5.41, 5.74) is 4.03. The monoisotopic (exact) mass is 493 g/mol. The van der Waals surface area contributed by atoms with Gasteiger partial charge in [0.1, 0.15) is 5.82 Å². The predicted octanol–water partition coefficient (Wildman–Crippen LogP) is 5.42. The molecule has 3 aromatic heterocycles. The predicted molar refractivity (Wildman–Crippen MR) is 133 cm³/mol. The van der Waals surface area contributed by atoms with Crippen LogP contribution in [-0.2, 0) is 11.8 Å². The third kappa shape index (κ3) is 3.67. The highest BCUT2D eigenvalue weighted by molar-refractivity contribution is 6.35. The fourth-order valence-electron chi connectivity index (χ4n) is 3.86. The molecule has 0 aliphatic rings. The molecule has 0 aliphatic heterocycles. The summed E-state index contributed by atoms with van der Waals surface area (Å²) in [6.45, 7) is 0. The van der Waals surface area contributed by atoms with Crippen molar-refractivity contribution in [2.45, 2.75) is 0 Å². The molecule has 5 rings (SSSR count). The summed E-state index contributed by atoms with van der Waals surface area (Å²) in [4.78, 5) is 33.4. The number of aryl methyl sites for hydroxylation is 1. The quantitative estimate of drug-likeness (QED) is 0.362. The number of aromatic nitrogens is 4. The van der Waals surface area contributed by atoms with E-state index < -0.39 is 6.09 Å². The SMILES string of the molecule is COC(=O)Nc1ccc(-c2ccc3ncc4c(c3c2)n(-c2ccc(Cl)cc2Cl)c(=O)n4C)cn1. The van der Waals surface area contributed by atoms with E-state index in [0.29, 0.717) is 32.6 Å². The summed E-state index contributed by atoms with van der Waals surface area (Å²) < 4.78 is 7.70. The van der Waals surface area contributed by atoms with Crippen LogP contribution in [-0.4, -0.2) is 32.3 Å². The topological polar surface area (TPSA) is 91.0 Å². The Morgan fingerprint density at radius 3 is 2.50 bits per heavy atom. The van der Waals surface area contributed by atoms with Crippen molar-refractivity contribution in [1.29, 1.82) is 0 Å². The summed E-state index contributed by atoms with van der Waals surface area (Å²) >= 11 is 12.5. The number of nitrogens with zero attached hydrogens (tertiary/aromatic N) is 4. The normalized spacial score (nSPS) is 11.2. The van der Waals surface area contributed by atoms with Gasteiger partial charge in [-0.25, -0.2) is 14.6 Å². The van der Waals surface area contributed by atoms with Crippen LogP contribution in [0.5, 0.6) is 0 Å². The van der Waals surface area contributed by atoms with Gasteiger partial charge >= 0.3 is 11.8 Å². The second-order valence-corrected chi connectivity index (χ2v) is 8.39. The van der Waals surface area contributed by atoms with Crippen molar-refractivity contribution >= 4 is 57.0 Å². The van der Waals surface area contributed by atoms with Crippen LogP contribution in [0.1, 0.15) is 0 Å². The summed E-state index contributed by atoms with van der Waals surface area (Å²) in [5.74, 6) is 0.370. The number of anilines is 1. The molecule has 0 atom stereocenters. The van der Waals surface area contributed by atoms with Crippen LogP contribution < -0.4 is 11.0 Å². The largest absolute Gasteiger partial charge is 0.453 e. The molecule has 10 heteroatoms. The smallest absolute Gasteiger partial charge is 0.412 e. The maximum Gasteiger partial charge on any atom is 0.412 e. The third-order valence-corrected chi connectivity index (χ3v) is 6.08. The van der Waals surface area contributed by atoms with E-state index in [1.165, 1.54) is 11.7 Å². The Morgan fingerprint density at radius 2 is 1.79 bits per heavy atom. The second-order valence-electron chi connectivity index (χ2n) is 7.55. The van der Waals surface area contributed by atoms with Gasteiger partial charge in [-0.05, 0) is 48.0 Å². The Kier molecular flexibility index (Phi) is 5.47. The van der Waals surface area contributed by atoms with E-state index in [2.05, 4.69) is 20.0 Å². The molecule has 0 saturated carbocycles. The number of nitrogens with one attached hydrogen (secondary N) is 1. The Morgan fingerprint density at radius 1 is 1.00 bits per heavy atom. The highest BCUT2D eigenvalue weighted by Crippen LogP contribution is 2.32. The average Bonchev–Trinajstić information content (AvgIpc) is 3.09. The van der Waals surface area contributed by atoms with Gasteiger partial charge in [0.25, 0.3) is 0 Å². The molecule has 0 bridgehead atoms. The van der Waals surface area contributed by atoms with E-state index in [1.54, 1.807) is 48.3 Å². The van der Waals surface area contributed by atoms with Gasteiger partial charge in [0.2, 0.25) is 0 Å². The van der Waals surface area contributed by atoms with E-state index in [-0.39, 0.29) is 5.69 Å². The maximum absolute atomic E-state index is 13.2. The van der Waals surface area contributed by atoms with Gasteiger partial charge in [-0.3, -0.25) is 19.4 Å². The first-order chi connectivity index (χ1) is 16.4. The first kappa shape index (κ1) is 21.9. The lowest BCUT2D eigenvalue weighted by Crippen LogP contribution is -2.21. The summed E-state index contributed by atoms with van der Waals surface area (Å²) in [6, 6.07) is 14.3. The van der Waals surface area contributed by atoms with Crippen molar-refractivity contribution in [2.75, 3.05) is 12.4 Å². The van der Waals surface area contributed by atoms with Crippen LogP contribution in [0, 0.1) is 0 Å². The van der Waals surface area contributed by atoms with Crippen LogP contribution in [0.4, 0.5) is 10.6 Å². The Bertz CT molecular complexity index is 1640. The summed E-state index contributed by atoms with van der Waals surface area (Å²) in [7, 11) is 2.98. The Labute approximate surface area is 203 Å². The zero-order valence-corrected chi connectivity index (χ0v) is 19.6. The minimum absolute atomic E-state index is 0.251. The number of carbonyl (C=O) groups is 1. The van der Waals surface area contributed by atoms with E-state index in [4.69, 9.17) is 23.2 Å². The number of benzene rings is 2. The number of ether oxygens (including phenoxy) is 1. The molecule has 5 aromatic rings. The van der Waals surface area contributed by atoms with E-state index in [9.17, 15) is 9.59 Å². The molecule has 170 valence electrons. The zero-order valence-electron chi connectivity index (χ0n) is 18.0. The summed E-state index contributed by atoms with van der Waals surface area (Å²) in [5, 5.41) is 4.14. The van der Waals surface area contributed by atoms with Crippen LogP contribution >= 0.6 is 23.2 Å². The molecule has 8 nitrogen and oxygen atoms in total. The molecule has 0 unspecified atom stereocenters. The first-order valence-electron chi connectivity index (χ1n) is 10.1. The highest BCUT2D eigenvalue weighted by atomic mass is 35.5. The van der Waals surface area contributed by atoms with E-state index in [1.807, 2.05) is 24.3 Å². The van der Waals surface area contributed by atoms with Crippen molar-refractivity contribution in [3.05, 3.63) is 81.5 Å². The average molecular weight is 494 g/mol. The third-order valence-electron chi connectivity index (χ3n) is 5.55. The molecule has 3 heterocycles. The van der Waals surface area contributed by atoms with Gasteiger partial charge in [0.15, 0.2) is 0 Å². The molecule has 0 radical (unpaired) electrons. The molecule has 34 heavy (non-hydrogen) atoms. The van der Waals surface area contributed by atoms with Gasteiger partial charge in [-0.2, -0.15) is 0 Å². The zero-order chi connectivity index (χ0) is 24.0. The van der Waals surface area contributed by atoms with E-state index >= 15 is 0 Å². The maximum atomic E-state index is 13.2. The van der Waals surface area contributed by atoms with Crippen molar-refractivity contribution in [1.82, 2.24) is 19.1 Å². The fourth-order valence-corrected chi connectivity index (χ4v) is 4.35. The van der Waals surface area contributed by atoms with Gasteiger partial charge in [-0.1, -0.05) is 29.3 Å². The lowest BCUT2D eigenvalue weighted by Gasteiger charge is -2.10. The van der Waals surface area contributed by atoms with Gasteiger partial charge in [0.05, 0.1) is 40.6 Å². The molecular formula is C24H17Cl2N5O3. The number of amides is 1. The van der Waals surface area contributed by atoms with E-state index in [0.717, 1.165) is 22.0 Å². The van der Waals surface area contributed by atoms with Crippen LogP contribution in [0.25, 0.3) is 38.8 Å². The number of halogens is 2. The number of imidazole rings is 1.